The van der Waals surface area contributed by atoms with E-state index in [1.165, 1.54) is 22.5 Å². The maximum absolute atomic E-state index is 13.4. The van der Waals surface area contributed by atoms with Crippen LogP contribution in [0.25, 0.3) is 0 Å². The third-order valence-electron chi connectivity index (χ3n) is 5.47. The second-order valence-corrected chi connectivity index (χ2v) is 10.1. The summed E-state index contributed by atoms with van der Waals surface area (Å²) in [6.45, 7) is 1.73. The van der Waals surface area contributed by atoms with Gasteiger partial charge in [0, 0.05) is 19.2 Å². The number of sulfonamides is 1. The van der Waals surface area contributed by atoms with Crippen molar-refractivity contribution >= 4 is 44.8 Å². The van der Waals surface area contributed by atoms with Gasteiger partial charge in [0.15, 0.2) is 6.61 Å². The molecule has 2 heterocycles. The molecule has 11 heteroatoms. The molecule has 1 unspecified atom stereocenters. The smallest absolute Gasteiger partial charge is 0.262 e. The Morgan fingerprint density at radius 1 is 1.31 bits per heavy atom. The Kier molecular flexibility index (Phi) is 6.11. The number of anilines is 2. The van der Waals surface area contributed by atoms with Crippen molar-refractivity contribution in [2.45, 2.75) is 24.7 Å². The summed E-state index contributed by atoms with van der Waals surface area (Å²) in [6.07, 6.45) is 1.01. The van der Waals surface area contributed by atoms with Gasteiger partial charge < -0.3 is 15.4 Å². The van der Waals surface area contributed by atoms with E-state index in [1.807, 2.05) is 0 Å². The number of amides is 2. The summed E-state index contributed by atoms with van der Waals surface area (Å²) >= 11 is 5.98. The summed E-state index contributed by atoms with van der Waals surface area (Å²) in [6, 6.07) is 6.61. The normalized spacial score (nSPS) is 19.0. The van der Waals surface area contributed by atoms with E-state index >= 15 is 0 Å². The number of benzene rings is 2. The van der Waals surface area contributed by atoms with Crippen LogP contribution >= 0.6 is 11.6 Å². The van der Waals surface area contributed by atoms with E-state index in [9.17, 15) is 22.4 Å². The van der Waals surface area contributed by atoms with Crippen LogP contribution in [0.5, 0.6) is 5.75 Å². The van der Waals surface area contributed by atoms with Crippen molar-refractivity contribution in [2.24, 2.45) is 5.92 Å². The first-order valence-corrected chi connectivity index (χ1v) is 11.8. The molecular weight excluding hydrogens is 461 g/mol. The summed E-state index contributed by atoms with van der Waals surface area (Å²) in [7, 11) is -3.91. The Bertz CT molecular complexity index is 1200. The first-order valence-electron chi connectivity index (χ1n) is 9.98. The number of ether oxygens (including phenoxy) is 1. The Hall–Kier alpha value is -2.69. The lowest BCUT2D eigenvalue weighted by atomic mass is 9.98. The zero-order valence-electron chi connectivity index (χ0n) is 17.2. The number of carbonyl (C=O) groups is 2. The fourth-order valence-electron chi connectivity index (χ4n) is 3.83. The molecule has 32 heavy (non-hydrogen) atoms. The fraction of sp³-hybridized carbons (Fsp3) is 0.333. The van der Waals surface area contributed by atoms with Gasteiger partial charge in [0.25, 0.3) is 5.91 Å². The molecule has 170 valence electrons. The van der Waals surface area contributed by atoms with E-state index in [4.69, 9.17) is 16.3 Å². The van der Waals surface area contributed by atoms with Crippen LogP contribution in [-0.2, 0) is 19.6 Å². The van der Waals surface area contributed by atoms with Crippen LogP contribution in [0.2, 0.25) is 5.02 Å². The van der Waals surface area contributed by atoms with Crippen molar-refractivity contribution in [1.29, 1.82) is 0 Å². The molecule has 0 aliphatic carbocycles. The van der Waals surface area contributed by atoms with Crippen LogP contribution in [0, 0.1) is 18.7 Å². The van der Waals surface area contributed by atoms with E-state index in [-0.39, 0.29) is 52.9 Å². The molecule has 1 atom stereocenters. The predicted molar refractivity (Wildman–Crippen MR) is 117 cm³/mol. The van der Waals surface area contributed by atoms with Gasteiger partial charge in [-0.15, -0.1) is 0 Å². The van der Waals surface area contributed by atoms with Crippen molar-refractivity contribution in [1.82, 2.24) is 4.31 Å². The minimum absolute atomic E-state index is 0.00109. The summed E-state index contributed by atoms with van der Waals surface area (Å²) in [5, 5.41) is 5.37. The third-order valence-corrected chi connectivity index (χ3v) is 7.79. The standard InChI is InChI=1S/C21H21ClFN3O5S/c1-12-7-17-18(31-11-20(27)24-17)9-19(12)32(29,30)26-6-2-3-13(10-26)21(28)25-16-5-4-14(23)8-15(16)22/h4-5,7-9,13H,2-3,6,10-11H2,1H3,(H,24,27)(H,25,28). The Morgan fingerprint density at radius 2 is 2.09 bits per heavy atom. The van der Waals surface area contributed by atoms with Gasteiger partial charge in [0.1, 0.15) is 11.6 Å². The van der Waals surface area contributed by atoms with E-state index < -0.39 is 21.8 Å². The van der Waals surface area contributed by atoms with Crippen molar-refractivity contribution in [3.05, 3.63) is 46.7 Å². The maximum Gasteiger partial charge on any atom is 0.262 e. The molecule has 0 spiro atoms. The molecule has 0 radical (unpaired) electrons. The van der Waals surface area contributed by atoms with Gasteiger partial charge in [0.05, 0.1) is 27.2 Å². The lowest BCUT2D eigenvalue weighted by molar-refractivity contribution is -0.121. The van der Waals surface area contributed by atoms with Crippen LogP contribution in [0.15, 0.2) is 35.2 Å². The average Bonchev–Trinajstić information content (AvgIpc) is 2.75. The zero-order valence-corrected chi connectivity index (χ0v) is 18.7. The van der Waals surface area contributed by atoms with Gasteiger partial charge in [-0.3, -0.25) is 9.59 Å². The highest BCUT2D eigenvalue weighted by molar-refractivity contribution is 7.89. The molecule has 0 saturated carbocycles. The monoisotopic (exact) mass is 481 g/mol. The zero-order chi connectivity index (χ0) is 23.0. The van der Waals surface area contributed by atoms with Crippen LogP contribution in [0.3, 0.4) is 0 Å². The number of carbonyl (C=O) groups excluding carboxylic acids is 2. The third kappa shape index (κ3) is 4.43. The van der Waals surface area contributed by atoms with Crippen LogP contribution in [0.1, 0.15) is 18.4 Å². The Morgan fingerprint density at radius 3 is 2.84 bits per heavy atom. The molecule has 8 nitrogen and oxygen atoms in total. The van der Waals surface area contributed by atoms with Crippen LogP contribution in [0.4, 0.5) is 15.8 Å². The van der Waals surface area contributed by atoms with Gasteiger partial charge in [-0.2, -0.15) is 4.31 Å². The molecule has 4 rings (SSSR count). The molecule has 2 amide bonds. The average molecular weight is 482 g/mol. The van der Waals surface area contributed by atoms with E-state index in [2.05, 4.69) is 10.6 Å². The highest BCUT2D eigenvalue weighted by Gasteiger charge is 2.35. The highest BCUT2D eigenvalue weighted by atomic mass is 35.5. The van der Waals surface area contributed by atoms with Crippen molar-refractivity contribution < 1.29 is 27.1 Å². The number of halogens is 2. The Labute approximate surface area is 189 Å². The van der Waals surface area contributed by atoms with E-state index in [1.54, 1.807) is 13.0 Å². The van der Waals surface area contributed by atoms with E-state index in [0.717, 1.165) is 6.07 Å². The van der Waals surface area contributed by atoms with E-state index in [0.29, 0.717) is 24.1 Å². The molecule has 2 aliphatic rings. The topological polar surface area (TPSA) is 105 Å². The molecule has 1 saturated heterocycles. The minimum Gasteiger partial charge on any atom is -0.482 e. The quantitative estimate of drug-likeness (QED) is 0.698. The second-order valence-electron chi connectivity index (χ2n) is 7.77. The number of nitrogens with one attached hydrogen (secondary N) is 2. The van der Waals surface area contributed by atoms with Gasteiger partial charge in [-0.25, -0.2) is 12.8 Å². The lowest BCUT2D eigenvalue weighted by Gasteiger charge is -2.32. The summed E-state index contributed by atoms with van der Waals surface area (Å²) in [4.78, 5) is 24.3. The first-order chi connectivity index (χ1) is 15.1. The summed E-state index contributed by atoms with van der Waals surface area (Å²) < 4.78 is 46.6. The molecule has 2 aromatic carbocycles. The van der Waals surface area contributed by atoms with Crippen molar-refractivity contribution in [3.63, 3.8) is 0 Å². The van der Waals surface area contributed by atoms with Crippen LogP contribution < -0.4 is 15.4 Å². The molecule has 2 aromatic rings. The predicted octanol–water partition coefficient (Wildman–Crippen LogP) is 3.16. The second kappa shape index (κ2) is 8.68. The number of hydrogen-bond acceptors (Lipinski definition) is 5. The molecule has 2 aliphatic heterocycles. The highest BCUT2D eigenvalue weighted by Crippen LogP contribution is 2.35. The molecule has 1 fully saturated rings. The molecule has 0 aromatic heterocycles. The fourth-order valence-corrected chi connectivity index (χ4v) is 5.79. The number of nitrogens with zero attached hydrogens (tertiary/aromatic N) is 1. The SMILES string of the molecule is Cc1cc2c(cc1S(=O)(=O)N1CCCC(C(=O)Nc3ccc(F)cc3Cl)C1)OCC(=O)N2. The van der Waals surface area contributed by atoms with Gasteiger partial charge in [0.2, 0.25) is 15.9 Å². The minimum atomic E-state index is -3.91. The van der Waals surface area contributed by atoms with Crippen molar-refractivity contribution in [2.75, 3.05) is 30.3 Å². The molecule has 0 bridgehead atoms. The van der Waals surface area contributed by atoms with Crippen molar-refractivity contribution in [3.8, 4) is 5.75 Å². The number of rotatable bonds is 4. The summed E-state index contributed by atoms with van der Waals surface area (Å²) in [5.41, 5.74) is 1.15. The van der Waals surface area contributed by atoms with Gasteiger partial charge in [-0.1, -0.05) is 11.6 Å². The first kappa shape index (κ1) is 22.5. The number of hydrogen-bond donors (Lipinski definition) is 2. The van der Waals surface area contributed by atoms with Gasteiger partial charge in [-0.05, 0) is 49.6 Å². The Balaban J connectivity index is 1.53. The van der Waals surface area contributed by atoms with Gasteiger partial charge >= 0.3 is 0 Å². The van der Waals surface area contributed by atoms with Crippen LogP contribution in [-0.4, -0.2) is 44.2 Å². The molecule has 2 N–H and O–H groups in total. The number of fused-ring (bicyclic) bond motifs is 1. The summed E-state index contributed by atoms with van der Waals surface area (Å²) in [5.74, 6) is -1.52. The largest absolute Gasteiger partial charge is 0.482 e. The lowest BCUT2D eigenvalue weighted by Crippen LogP contribution is -2.44. The molecular formula is C21H21ClFN3O5S. The number of piperidine rings is 1. The maximum atomic E-state index is 13.4. The number of aryl methyl sites for hydroxylation is 1.